The second kappa shape index (κ2) is 5.11. The number of hydrogen-bond acceptors (Lipinski definition) is 2. The molecule has 3 nitrogen and oxygen atoms in total. The van der Waals surface area contributed by atoms with Gasteiger partial charge in [-0.3, -0.25) is 4.79 Å². The van der Waals surface area contributed by atoms with E-state index in [1.807, 2.05) is 19.1 Å². The second-order valence-electron chi connectivity index (χ2n) is 5.36. The molecule has 0 radical (unpaired) electrons. The lowest BCUT2D eigenvalue weighted by Gasteiger charge is -2.23. The van der Waals surface area contributed by atoms with Crippen molar-refractivity contribution in [2.45, 2.75) is 45.2 Å². The lowest BCUT2D eigenvalue weighted by molar-refractivity contribution is -0.126. The molecule has 1 saturated carbocycles. The van der Waals surface area contributed by atoms with Crippen LogP contribution in [0.3, 0.4) is 0 Å². The highest BCUT2D eigenvalue weighted by Gasteiger charge is 2.43. The zero-order valence-electron chi connectivity index (χ0n) is 11.2. The van der Waals surface area contributed by atoms with Crippen LogP contribution in [0.2, 0.25) is 0 Å². The summed E-state index contributed by atoms with van der Waals surface area (Å²) in [6.45, 7) is 4.53. The van der Waals surface area contributed by atoms with Gasteiger partial charge in [0.2, 0.25) is 5.91 Å². The molecule has 0 aromatic heterocycles. The third-order valence-corrected chi connectivity index (χ3v) is 3.85. The number of amides is 1. The van der Waals surface area contributed by atoms with Crippen LogP contribution in [-0.4, -0.2) is 11.4 Å². The molecule has 0 bridgehead atoms. The van der Waals surface area contributed by atoms with Crippen molar-refractivity contribution in [3.63, 3.8) is 0 Å². The summed E-state index contributed by atoms with van der Waals surface area (Å²) in [5.41, 5.74) is 7.84. The van der Waals surface area contributed by atoms with E-state index in [0.717, 1.165) is 19.3 Å². The smallest absolute Gasteiger partial charge is 0.240 e. The van der Waals surface area contributed by atoms with Crippen LogP contribution in [0, 0.1) is 5.92 Å². The molecular weight excluding hydrogens is 224 g/mol. The Labute approximate surface area is 109 Å². The average molecular weight is 246 g/mol. The summed E-state index contributed by atoms with van der Waals surface area (Å²) in [6, 6.07) is 8.19. The molecule has 1 atom stereocenters. The minimum atomic E-state index is -0.707. The van der Waals surface area contributed by atoms with E-state index in [-0.39, 0.29) is 5.91 Å². The first-order chi connectivity index (χ1) is 8.55. The molecule has 1 unspecified atom stereocenters. The zero-order valence-corrected chi connectivity index (χ0v) is 11.2. The average Bonchev–Trinajstić information content (AvgIpc) is 3.20. The molecule has 0 aliphatic heterocycles. The van der Waals surface area contributed by atoms with Crippen LogP contribution in [0.5, 0.6) is 0 Å². The number of carbonyl (C=O) groups excluding carboxylic acids is 1. The fourth-order valence-corrected chi connectivity index (χ4v) is 2.31. The van der Waals surface area contributed by atoms with Crippen molar-refractivity contribution in [3.05, 3.63) is 35.4 Å². The van der Waals surface area contributed by atoms with E-state index in [1.165, 1.54) is 11.1 Å². The summed E-state index contributed by atoms with van der Waals surface area (Å²) in [6.07, 6.45) is 3.13. The van der Waals surface area contributed by atoms with Crippen LogP contribution < -0.4 is 11.1 Å². The molecule has 1 aromatic rings. The maximum Gasteiger partial charge on any atom is 0.240 e. The largest absolute Gasteiger partial charge is 0.350 e. The Morgan fingerprint density at radius 2 is 2.00 bits per heavy atom. The molecule has 1 aromatic carbocycles. The van der Waals surface area contributed by atoms with E-state index >= 15 is 0 Å². The third-order valence-electron chi connectivity index (χ3n) is 3.85. The molecule has 0 saturated heterocycles. The van der Waals surface area contributed by atoms with E-state index in [2.05, 4.69) is 24.4 Å². The van der Waals surface area contributed by atoms with E-state index < -0.39 is 5.54 Å². The minimum Gasteiger partial charge on any atom is -0.350 e. The number of benzene rings is 1. The fourth-order valence-electron chi connectivity index (χ4n) is 2.31. The lowest BCUT2D eigenvalue weighted by atomic mass is 9.96. The van der Waals surface area contributed by atoms with Gasteiger partial charge in [-0.05, 0) is 43.2 Å². The van der Waals surface area contributed by atoms with Crippen LogP contribution in [0.1, 0.15) is 37.8 Å². The van der Waals surface area contributed by atoms with Crippen molar-refractivity contribution in [3.8, 4) is 0 Å². The summed E-state index contributed by atoms with van der Waals surface area (Å²) < 4.78 is 0. The molecule has 3 N–H and O–H groups in total. The lowest BCUT2D eigenvalue weighted by Crippen LogP contribution is -2.53. The predicted molar refractivity (Wildman–Crippen MR) is 73.0 cm³/mol. The summed E-state index contributed by atoms with van der Waals surface area (Å²) in [7, 11) is 0. The molecule has 98 valence electrons. The van der Waals surface area contributed by atoms with Crippen molar-refractivity contribution < 1.29 is 4.79 Å². The van der Waals surface area contributed by atoms with Crippen LogP contribution in [-0.2, 0) is 17.8 Å². The number of carbonyl (C=O) groups is 1. The van der Waals surface area contributed by atoms with Gasteiger partial charge in [-0.25, -0.2) is 0 Å². The highest BCUT2D eigenvalue weighted by Crippen LogP contribution is 2.38. The summed E-state index contributed by atoms with van der Waals surface area (Å²) >= 11 is 0. The predicted octanol–water partition coefficient (Wildman–Crippen LogP) is 1.99. The van der Waals surface area contributed by atoms with Gasteiger partial charge in [-0.1, -0.05) is 31.2 Å². The van der Waals surface area contributed by atoms with Gasteiger partial charge in [-0.15, -0.1) is 0 Å². The fraction of sp³-hybridized carbons (Fsp3) is 0.533. The van der Waals surface area contributed by atoms with Gasteiger partial charge in [-0.2, -0.15) is 0 Å². The van der Waals surface area contributed by atoms with Gasteiger partial charge >= 0.3 is 0 Å². The van der Waals surface area contributed by atoms with Crippen LogP contribution in [0.15, 0.2) is 24.3 Å². The second-order valence-corrected chi connectivity index (χ2v) is 5.36. The van der Waals surface area contributed by atoms with Gasteiger partial charge in [0.1, 0.15) is 0 Å². The first-order valence-corrected chi connectivity index (χ1v) is 6.69. The highest BCUT2D eigenvalue weighted by molar-refractivity contribution is 5.86. The zero-order chi connectivity index (χ0) is 13.2. The van der Waals surface area contributed by atoms with Crippen LogP contribution >= 0.6 is 0 Å². The molecule has 1 aliphatic rings. The SMILES string of the molecule is CCc1ccccc1CNC(=O)C(C)(N)C1CC1. The Hall–Kier alpha value is -1.35. The third kappa shape index (κ3) is 2.72. The standard InChI is InChI=1S/C15H22N2O/c1-3-11-6-4-5-7-12(11)10-17-14(18)15(2,16)13-8-9-13/h4-7,13H,3,8-10,16H2,1-2H3,(H,17,18). The van der Waals surface area contributed by atoms with Crippen LogP contribution in [0.4, 0.5) is 0 Å². The van der Waals surface area contributed by atoms with E-state index in [9.17, 15) is 4.79 Å². The Morgan fingerprint density at radius 1 is 1.39 bits per heavy atom. The van der Waals surface area contributed by atoms with Crippen molar-refractivity contribution in [2.24, 2.45) is 11.7 Å². The maximum atomic E-state index is 12.1. The molecular formula is C15H22N2O. The Bertz CT molecular complexity index is 436. The van der Waals surface area contributed by atoms with E-state index in [0.29, 0.717) is 12.5 Å². The van der Waals surface area contributed by atoms with E-state index in [1.54, 1.807) is 0 Å². The van der Waals surface area contributed by atoms with Crippen molar-refractivity contribution in [2.75, 3.05) is 0 Å². The molecule has 0 heterocycles. The summed E-state index contributed by atoms with van der Waals surface area (Å²) in [5, 5.41) is 2.97. The van der Waals surface area contributed by atoms with E-state index in [4.69, 9.17) is 5.73 Å². The van der Waals surface area contributed by atoms with Crippen molar-refractivity contribution in [1.29, 1.82) is 0 Å². The highest BCUT2D eigenvalue weighted by atomic mass is 16.2. The number of rotatable bonds is 5. The molecule has 1 fully saturated rings. The van der Waals surface area contributed by atoms with Gasteiger partial charge in [0, 0.05) is 6.54 Å². The number of hydrogen-bond donors (Lipinski definition) is 2. The molecule has 1 aliphatic carbocycles. The molecule has 0 spiro atoms. The quantitative estimate of drug-likeness (QED) is 0.835. The topological polar surface area (TPSA) is 55.1 Å². The Kier molecular flexibility index (Phi) is 3.71. The first-order valence-electron chi connectivity index (χ1n) is 6.69. The number of aryl methyl sites for hydroxylation is 1. The monoisotopic (exact) mass is 246 g/mol. The molecule has 18 heavy (non-hydrogen) atoms. The van der Waals surface area contributed by atoms with Gasteiger partial charge in [0.25, 0.3) is 0 Å². The van der Waals surface area contributed by atoms with Crippen molar-refractivity contribution in [1.82, 2.24) is 5.32 Å². The minimum absolute atomic E-state index is 0.0316. The number of nitrogens with two attached hydrogens (primary N) is 1. The molecule has 2 rings (SSSR count). The summed E-state index contributed by atoms with van der Waals surface area (Å²) in [4.78, 5) is 12.1. The maximum absolute atomic E-state index is 12.1. The molecule has 1 amide bonds. The Morgan fingerprint density at radius 3 is 2.56 bits per heavy atom. The normalized spacial score (nSPS) is 18.2. The first kappa shape index (κ1) is 13.1. The number of nitrogens with one attached hydrogen (secondary N) is 1. The van der Waals surface area contributed by atoms with Crippen molar-refractivity contribution >= 4 is 5.91 Å². The van der Waals surface area contributed by atoms with Gasteiger partial charge in [0.05, 0.1) is 5.54 Å². The van der Waals surface area contributed by atoms with Crippen LogP contribution in [0.25, 0.3) is 0 Å². The molecule has 3 heteroatoms. The van der Waals surface area contributed by atoms with Gasteiger partial charge in [0.15, 0.2) is 0 Å². The Balaban J connectivity index is 1.97. The summed E-state index contributed by atoms with van der Waals surface area (Å²) in [5.74, 6) is 0.329. The van der Waals surface area contributed by atoms with Gasteiger partial charge < -0.3 is 11.1 Å².